The molecule has 5 rings (SSSR count). The summed E-state index contributed by atoms with van der Waals surface area (Å²) in [5.41, 5.74) is 6.60. The Morgan fingerprint density at radius 2 is 2.17 bits per heavy atom. The van der Waals surface area contributed by atoms with E-state index < -0.39 is 18.0 Å². The van der Waals surface area contributed by atoms with Crippen molar-refractivity contribution in [2.75, 3.05) is 12.0 Å². The second-order valence-corrected chi connectivity index (χ2v) is 8.51. The van der Waals surface area contributed by atoms with Gasteiger partial charge in [0.05, 0.1) is 11.1 Å². The van der Waals surface area contributed by atoms with Crippen molar-refractivity contribution in [1.29, 1.82) is 5.26 Å². The number of nitrogens with two attached hydrogens (primary N) is 1. The Bertz CT molecular complexity index is 1240. The number of thioether (sulfide) groups is 1. The van der Waals surface area contributed by atoms with Crippen LogP contribution in [0.2, 0.25) is 0 Å². The van der Waals surface area contributed by atoms with E-state index in [0.717, 1.165) is 6.42 Å². The van der Waals surface area contributed by atoms with Crippen LogP contribution in [0.3, 0.4) is 0 Å². The quantitative estimate of drug-likeness (QED) is 0.661. The van der Waals surface area contributed by atoms with E-state index in [2.05, 4.69) is 25.3 Å². The zero-order valence-electron chi connectivity index (χ0n) is 15.5. The maximum atomic E-state index is 14.8. The summed E-state index contributed by atoms with van der Waals surface area (Å²) in [6.07, 6.45) is 3.52. The van der Waals surface area contributed by atoms with Crippen LogP contribution in [0.5, 0.6) is 0 Å². The van der Waals surface area contributed by atoms with Gasteiger partial charge in [0, 0.05) is 28.6 Å². The lowest BCUT2D eigenvalue weighted by atomic mass is 9.86. The number of benzene rings is 1. The van der Waals surface area contributed by atoms with Crippen molar-refractivity contribution in [2.24, 2.45) is 16.6 Å². The van der Waals surface area contributed by atoms with Gasteiger partial charge in [-0.05, 0) is 30.7 Å². The maximum absolute atomic E-state index is 14.8. The van der Waals surface area contributed by atoms with Gasteiger partial charge in [-0.15, -0.1) is 0 Å². The zero-order chi connectivity index (χ0) is 20.9. The fraction of sp³-hybridized carbons (Fsp3) is 0.250. The molecule has 1 aliphatic carbocycles. The molecule has 0 radical (unpaired) electrons. The van der Waals surface area contributed by atoms with Crippen molar-refractivity contribution in [3.8, 4) is 6.07 Å². The molecule has 2 aliphatic rings. The lowest BCUT2D eigenvalue weighted by Crippen LogP contribution is -2.36. The SMILES string of the molecule is N#Cc1cnc2c(Nc3ccc(F)c([C@@]4(CF)N=C(N)S[C@H]5C[C@H]54)c3)ncnc2c1. The highest BCUT2D eigenvalue weighted by Gasteiger charge is 2.58. The summed E-state index contributed by atoms with van der Waals surface area (Å²) in [6.45, 7) is -0.829. The number of nitrogens with one attached hydrogen (secondary N) is 1. The van der Waals surface area contributed by atoms with Crippen LogP contribution in [0, 0.1) is 23.1 Å². The zero-order valence-corrected chi connectivity index (χ0v) is 16.3. The Morgan fingerprint density at radius 3 is 2.97 bits per heavy atom. The third-order valence-electron chi connectivity index (χ3n) is 5.43. The Kier molecular flexibility index (Phi) is 4.29. The second-order valence-electron chi connectivity index (χ2n) is 7.25. The third-order valence-corrected chi connectivity index (χ3v) is 6.59. The molecule has 3 heterocycles. The molecule has 3 N–H and O–H groups in total. The van der Waals surface area contributed by atoms with Crippen LogP contribution in [0.1, 0.15) is 17.5 Å². The van der Waals surface area contributed by atoms with E-state index in [0.29, 0.717) is 28.1 Å². The molecule has 3 aromatic rings. The highest BCUT2D eigenvalue weighted by Crippen LogP contribution is 2.58. The molecule has 7 nitrogen and oxygen atoms in total. The van der Waals surface area contributed by atoms with Crippen LogP contribution in [-0.2, 0) is 5.54 Å². The number of hydrogen-bond donors (Lipinski definition) is 2. The number of amidine groups is 1. The van der Waals surface area contributed by atoms with Gasteiger partial charge in [-0.1, -0.05) is 11.8 Å². The van der Waals surface area contributed by atoms with Crippen molar-refractivity contribution in [3.63, 3.8) is 0 Å². The van der Waals surface area contributed by atoms with Crippen molar-refractivity contribution < 1.29 is 8.78 Å². The Balaban J connectivity index is 1.56. The molecule has 3 atom stereocenters. The topological polar surface area (TPSA) is 113 Å². The molecule has 0 amide bonds. The molecule has 1 fully saturated rings. The van der Waals surface area contributed by atoms with E-state index in [1.54, 1.807) is 12.1 Å². The van der Waals surface area contributed by atoms with E-state index in [1.807, 2.05) is 6.07 Å². The number of nitrogens with zero attached hydrogens (tertiary/aromatic N) is 5. The molecular weight excluding hydrogens is 408 g/mol. The standard InChI is InChI=1S/C20H15F2N7S/c21-8-20(13-5-16(13)30-19(24)29-20)12-4-11(1-2-14(12)22)28-18-17-15(26-9-27-18)3-10(6-23)7-25-17/h1-4,7,9,13,16H,5,8H2,(H2,24,29)(H,26,27,28)/t13-,16+,20-/m1/s1. The van der Waals surface area contributed by atoms with Crippen LogP contribution >= 0.6 is 11.8 Å². The predicted octanol–water partition coefficient (Wildman–Crippen LogP) is 3.39. The first-order chi connectivity index (χ1) is 14.5. The third kappa shape index (κ3) is 2.93. The monoisotopic (exact) mass is 423 g/mol. The van der Waals surface area contributed by atoms with Gasteiger partial charge in [0.1, 0.15) is 35.9 Å². The molecule has 10 heteroatoms. The Labute approximate surface area is 174 Å². The summed E-state index contributed by atoms with van der Waals surface area (Å²) >= 11 is 1.42. The highest BCUT2D eigenvalue weighted by molar-refractivity contribution is 8.14. The summed E-state index contributed by atoms with van der Waals surface area (Å²) in [5.74, 6) is -0.227. The lowest BCUT2D eigenvalue weighted by molar-refractivity contribution is 0.272. The molecule has 0 unspecified atom stereocenters. The van der Waals surface area contributed by atoms with Gasteiger partial charge in [-0.2, -0.15) is 5.26 Å². The minimum Gasteiger partial charge on any atom is -0.379 e. The molecule has 0 spiro atoms. The number of pyridine rings is 1. The number of nitriles is 1. The van der Waals surface area contributed by atoms with Gasteiger partial charge in [-0.25, -0.2) is 28.7 Å². The molecule has 150 valence electrons. The highest BCUT2D eigenvalue weighted by atomic mass is 32.2. The molecule has 0 bridgehead atoms. The van der Waals surface area contributed by atoms with Crippen LogP contribution in [0.25, 0.3) is 11.0 Å². The van der Waals surface area contributed by atoms with Crippen LogP contribution in [-0.4, -0.2) is 32.0 Å². The molecular formula is C20H15F2N7S. The van der Waals surface area contributed by atoms with E-state index >= 15 is 0 Å². The van der Waals surface area contributed by atoms with Gasteiger partial charge in [-0.3, -0.25) is 0 Å². The molecule has 2 aromatic heterocycles. The van der Waals surface area contributed by atoms with Crippen LogP contribution < -0.4 is 11.1 Å². The largest absolute Gasteiger partial charge is 0.379 e. The van der Waals surface area contributed by atoms with Gasteiger partial charge in [0.15, 0.2) is 11.0 Å². The lowest BCUT2D eigenvalue weighted by Gasteiger charge is -2.31. The number of rotatable bonds is 4. The van der Waals surface area contributed by atoms with Crippen molar-refractivity contribution in [1.82, 2.24) is 15.0 Å². The summed E-state index contributed by atoms with van der Waals surface area (Å²) in [6, 6.07) is 7.99. The average Bonchev–Trinajstić information content (AvgIpc) is 3.54. The van der Waals surface area contributed by atoms with E-state index in [-0.39, 0.29) is 21.9 Å². The first-order valence-corrected chi connectivity index (χ1v) is 10.1. The van der Waals surface area contributed by atoms with Gasteiger partial charge in [0.2, 0.25) is 0 Å². The van der Waals surface area contributed by atoms with E-state index in [4.69, 9.17) is 11.0 Å². The fourth-order valence-electron chi connectivity index (χ4n) is 3.89. The van der Waals surface area contributed by atoms with Gasteiger partial charge < -0.3 is 11.1 Å². The first-order valence-electron chi connectivity index (χ1n) is 9.20. The normalized spacial score (nSPS) is 24.6. The first kappa shape index (κ1) is 18.7. The van der Waals surface area contributed by atoms with Crippen molar-refractivity contribution in [3.05, 3.63) is 53.7 Å². The number of anilines is 2. The number of aromatic nitrogens is 3. The van der Waals surface area contributed by atoms with Crippen LogP contribution in [0.4, 0.5) is 20.3 Å². The smallest absolute Gasteiger partial charge is 0.160 e. The summed E-state index contributed by atoms with van der Waals surface area (Å²) < 4.78 is 29.1. The molecule has 1 aromatic carbocycles. The molecule has 0 saturated heterocycles. The van der Waals surface area contributed by atoms with Gasteiger partial charge >= 0.3 is 0 Å². The van der Waals surface area contributed by atoms with E-state index in [1.165, 1.54) is 36.4 Å². The molecule has 30 heavy (non-hydrogen) atoms. The Morgan fingerprint density at radius 1 is 1.30 bits per heavy atom. The average molecular weight is 423 g/mol. The number of alkyl halides is 1. The van der Waals surface area contributed by atoms with E-state index in [9.17, 15) is 8.78 Å². The van der Waals surface area contributed by atoms with Crippen molar-refractivity contribution in [2.45, 2.75) is 17.2 Å². The number of fused-ring (bicyclic) bond motifs is 2. The maximum Gasteiger partial charge on any atom is 0.160 e. The minimum atomic E-state index is -1.31. The number of halogens is 2. The minimum absolute atomic E-state index is 0.0875. The molecule has 1 saturated carbocycles. The number of aliphatic imine (C=N–C) groups is 1. The van der Waals surface area contributed by atoms with Crippen LogP contribution in [0.15, 0.2) is 41.8 Å². The fourth-order valence-corrected chi connectivity index (χ4v) is 5.11. The summed E-state index contributed by atoms with van der Waals surface area (Å²) in [4.78, 5) is 16.9. The number of hydrogen-bond acceptors (Lipinski definition) is 8. The molecule has 1 aliphatic heterocycles. The second kappa shape index (κ2) is 6.88. The van der Waals surface area contributed by atoms with Crippen molar-refractivity contribution >= 4 is 39.5 Å². The Hall–Kier alpha value is -3.32. The predicted molar refractivity (Wildman–Crippen MR) is 110 cm³/mol. The van der Waals surface area contributed by atoms with Gasteiger partial charge in [0.25, 0.3) is 0 Å². The summed E-state index contributed by atoms with van der Waals surface area (Å²) in [5, 5.41) is 12.6. The summed E-state index contributed by atoms with van der Waals surface area (Å²) in [7, 11) is 0.